The number of hydrogen-bond donors (Lipinski definition) is 1. The lowest BCUT2D eigenvalue weighted by atomic mass is 10.0. The molecule has 0 bridgehead atoms. The summed E-state index contributed by atoms with van der Waals surface area (Å²) < 4.78 is 11.5. The summed E-state index contributed by atoms with van der Waals surface area (Å²) in [5, 5.41) is 9.49. The van der Waals surface area contributed by atoms with Crippen LogP contribution >= 0.6 is 0 Å². The largest absolute Gasteiger partial charge is 0.493 e. The van der Waals surface area contributed by atoms with E-state index in [2.05, 4.69) is 6.92 Å². The molecule has 0 aliphatic carbocycles. The second-order valence-corrected chi connectivity index (χ2v) is 9.05. The van der Waals surface area contributed by atoms with Crippen LogP contribution in [-0.2, 0) is 4.74 Å². The maximum atomic E-state index is 9.49. The highest BCUT2D eigenvalue weighted by molar-refractivity contribution is 5.20. The minimum Gasteiger partial charge on any atom is -0.493 e. The van der Waals surface area contributed by atoms with Crippen LogP contribution in [0.4, 0.5) is 0 Å². The predicted octanol–water partition coefficient (Wildman–Crippen LogP) is 7.95. The van der Waals surface area contributed by atoms with Gasteiger partial charge in [0.15, 0.2) is 0 Å². The van der Waals surface area contributed by atoms with Crippen molar-refractivity contribution in [3.63, 3.8) is 0 Å². The van der Waals surface area contributed by atoms with Crippen molar-refractivity contribution in [1.29, 1.82) is 0 Å². The standard InChI is InChI=1S/C28H50O3/c1-2-3-4-5-6-7-8-9-10-11-12-13-14-15-16-20-23-30-25-27(24-29)26-31-28-21-18-17-19-22-28/h17-19,21-22,27,29H,2-16,20,23-26H2,1H3. The molecule has 31 heavy (non-hydrogen) atoms. The van der Waals surface area contributed by atoms with Gasteiger partial charge in [-0.15, -0.1) is 0 Å². The number of unbranched alkanes of at least 4 members (excludes halogenated alkanes) is 15. The summed E-state index contributed by atoms with van der Waals surface area (Å²) in [4.78, 5) is 0. The predicted molar refractivity (Wildman–Crippen MR) is 133 cm³/mol. The van der Waals surface area contributed by atoms with Gasteiger partial charge in [0.25, 0.3) is 0 Å². The summed E-state index contributed by atoms with van der Waals surface area (Å²) in [7, 11) is 0. The molecule has 0 aromatic heterocycles. The van der Waals surface area contributed by atoms with Crippen molar-refractivity contribution >= 4 is 0 Å². The van der Waals surface area contributed by atoms with Gasteiger partial charge in [-0.1, -0.05) is 121 Å². The number of benzene rings is 1. The number of ether oxygens (including phenoxy) is 2. The maximum absolute atomic E-state index is 9.49. The molecule has 1 N–H and O–H groups in total. The minimum absolute atomic E-state index is 0.0428. The van der Waals surface area contributed by atoms with Crippen LogP contribution in [0.25, 0.3) is 0 Å². The van der Waals surface area contributed by atoms with Gasteiger partial charge < -0.3 is 14.6 Å². The number of rotatable bonds is 23. The van der Waals surface area contributed by atoms with E-state index in [4.69, 9.17) is 9.47 Å². The average molecular weight is 435 g/mol. The number of hydrogen-bond acceptors (Lipinski definition) is 3. The molecule has 0 radical (unpaired) electrons. The van der Waals surface area contributed by atoms with Crippen LogP contribution in [0.3, 0.4) is 0 Å². The Hall–Kier alpha value is -1.06. The molecule has 0 saturated heterocycles. The van der Waals surface area contributed by atoms with E-state index in [1.807, 2.05) is 30.3 Å². The molecule has 0 aliphatic heterocycles. The molecule has 1 atom stereocenters. The van der Waals surface area contributed by atoms with Crippen molar-refractivity contribution in [2.75, 3.05) is 26.4 Å². The lowest BCUT2D eigenvalue weighted by molar-refractivity contribution is 0.0488. The second kappa shape index (κ2) is 22.1. The monoisotopic (exact) mass is 434 g/mol. The quantitative estimate of drug-likeness (QED) is 0.178. The van der Waals surface area contributed by atoms with E-state index in [0.29, 0.717) is 13.2 Å². The summed E-state index contributed by atoms with van der Waals surface area (Å²) in [6.07, 6.45) is 22.2. The molecular weight excluding hydrogens is 384 g/mol. The van der Waals surface area contributed by atoms with Gasteiger partial charge >= 0.3 is 0 Å². The first-order valence-corrected chi connectivity index (χ1v) is 13.2. The summed E-state index contributed by atoms with van der Waals surface area (Å²) in [6.45, 7) is 4.25. The maximum Gasteiger partial charge on any atom is 0.119 e. The third-order valence-electron chi connectivity index (χ3n) is 5.98. The van der Waals surface area contributed by atoms with E-state index in [-0.39, 0.29) is 12.5 Å². The number of aliphatic hydroxyl groups is 1. The Morgan fingerprint density at radius 3 is 1.61 bits per heavy atom. The first-order chi connectivity index (χ1) is 15.4. The van der Waals surface area contributed by atoms with Gasteiger partial charge in [-0.3, -0.25) is 0 Å². The third-order valence-corrected chi connectivity index (χ3v) is 5.98. The molecule has 3 nitrogen and oxygen atoms in total. The smallest absolute Gasteiger partial charge is 0.119 e. The molecule has 1 rings (SSSR count). The Balaban J connectivity index is 1.78. The summed E-state index contributed by atoms with van der Waals surface area (Å²) in [6, 6.07) is 9.75. The molecule has 0 spiro atoms. The zero-order chi connectivity index (χ0) is 22.2. The van der Waals surface area contributed by atoms with Gasteiger partial charge in [0.1, 0.15) is 5.75 Å². The van der Waals surface area contributed by atoms with E-state index >= 15 is 0 Å². The van der Waals surface area contributed by atoms with Crippen LogP contribution in [-0.4, -0.2) is 31.5 Å². The van der Waals surface area contributed by atoms with E-state index in [9.17, 15) is 5.11 Å². The van der Waals surface area contributed by atoms with Crippen LogP contribution in [0.1, 0.15) is 110 Å². The Kier molecular flexibility index (Phi) is 20.0. The second-order valence-electron chi connectivity index (χ2n) is 9.05. The van der Waals surface area contributed by atoms with Crippen molar-refractivity contribution in [3.05, 3.63) is 30.3 Å². The van der Waals surface area contributed by atoms with Gasteiger partial charge in [-0.2, -0.15) is 0 Å². The summed E-state index contributed by atoms with van der Waals surface area (Å²) in [5.41, 5.74) is 0. The normalized spacial score (nSPS) is 12.2. The molecule has 0 aliphatic rings. The van der Waals surface area contributed by atoms with Crippen molar-refractivity contribution in [3.8, 4) is 5.75 Å². The number of aliphatic hydroxyl groups excluding tert-OH is 1. The summed E-state index contributed by atoms with van der Waals surface area (Å²) >= 11 is 0. The van der Waals surface area contributed by atoms with Crippen molar-refractivity contribution in [2.24, 2.45) is 5.92 Å². The lowest BCUT2D eigenvalue weighted by Gasteiger charge is -2.15. The average Bonchev–Trinajstić information content (AvgIpc) is 2.81. The van der Waals surface area contributed by atoms with Gasteiger partial charge in [0, 0.05) is 12.5 Å². The van der Waals surface area contributed by atoms with Crippen LogP contribution < -0.4 is 4.74 Å². The molecule has 0 heterocycles. The first kappa shape index (κ1) is 28.0. The fraction of sp³-hybridized carbons (Fsp3) is 0.786. The fourth-order valence-electron chi connectivity index (χ4n) is 3.89. The Labute approximate surface area is 192 Å². The molecule has 180 valence electrons. The molecule has 0 fully saturated rings. The molecule has 0 amide bonds. The van der Waals surface area contributed by atoms with E-state index < -0.39 is 0 Å². The van der Waals surface area contributed by atoms with Crippen LogP contribution in [0.15, 0.2) is 30.3 Å². The Morgan fingerprint density at radius 2 is 1.13 bits per heavy atom. The van der Waals surface area contributed by atoms with Crippen LogP contribution in [0, 0.1) is 5.92 Å². The number of para-hydroxylation sites is 1. The molecule has 3 heteroatoms. The van der Waals surface area contributed by atoms with Gasteiger partial charge in [-0.25, -0.2) is 0 Å². The summed E-state index contributed by atoms with van der Waals surface area (Å²) in [5.74, 6) is 0.889. The SMILES string of the molecule is CCCCCCCCCCCCCCCCCCOCC(CO)COc1ccccc1. The van der Waals surface area contributed by atoms with Gasteiger partial charge in [-0.05, 0) is 18.6 Å². The fourth-order valence-corrected chi connectivity index (χ4v) is 3.89. The molecule has 1 aromatic rings. The van der Waals surface area contributed by atoms with Crippen molar-refractivity contribution in [1.82, 2.24) is 0 Å². The van der Waals surface area contributed by atoms with Gasteiger partial charge in [0.2, 0.25) is 0 Å². The zero-order valence-corrected chi connectivity index (χ0v) is 20.4. The Bertz CT molecular complexity index is 463. The van der Waals surface area contributed by atoms with Crippen LogP contribution in [0.5, 0.6) is 5.75 Å². The van der Waals surface area contributed by atoms with E-state index in [0.717, 1.165) is 18.8 Å². The molecule has 1 aromatic carbocycles. The highest BCUT2D eigenvalue weighted by atomic mass is 16.5. The third kappa shape index (κ3) is 18.2. The highest BCUT2D eigenvalue weighted by Gasteiger charge is 2.09. The lowest BCUT2D eigenvalue weighted by Crippen LogP contribution is -2.22. The van der Waals surface area contributed by atoms with Crippen molar-refractivity contribution < 1.29 is 14.6 Å². The molecule has 0 saturated carbocycles. The van der Waals surface area contributed by atoms with Crippen molar-refractivity contribution in [2.45, 2.75) is 110 Å². The van der Waals surface area contributed by atoms with Crippen LogP contribution in [0.2, 0.25) is 0 Å². The molecule has 1 unspecified atom stereocenters. The highest BCUT2D eigenvalue weighted by Crippen LogP contribution is 2.14. The van der Waals surface area contributed by atoms with Gasteiger partial charge in [0.05, 0.1) is 19.8 Å². The zero-order valence-electron chi connectivity index (χ0n) is 20.4. The molecular formula is C28H50O3. The first-order valence-electron chi connectivity index (χ1n) is 13.2. The topological polar surface area (TPSA) is 38.7 Å². The van der Waals surface area contributed by atoms with E-state index in [1.54, 1.807) is 0 Å². The minimum atomic E-state index is 0.0428. The Morgan fingerprint density at radius 1 is 0.645 bits per heavy atom. The van der Waals surface area contributed by atoms with E-state index in [1.165, 1.54) is 96.3 Å².